The fourth-order valence-electron chi connectivity index (χ4n) is 2.01. The van der Waals surface area contributed by atoms with E-state index in [1.54, 1.807) is 0 Å². The van der Waals surface area contributed by atoms with Crippen LogP contribution in [0.15, 0.2) is 43.2 Å². The Balaban J connectivity index is 3.63. The molecule has 0 aliphatic carbocycles. The average molecular weight is 281 g/mol. The first-order valence-corrected chi connectivity index (χ1v) is 8.47. The van der Waals surface area contributed by atoms with E-state index in [4.69, 9.17) is 0 Å². The number of hydrogen-bond donors (Lipinski definition) is 0. The van der Waals surface area contributed by atoms with Crippen molar-refractivity contribution in [3.63, 3.8) is 0 Å². The summed E-state index contributed by atoms with van der Waals surface area (Å²) in [7, 11) is 3.82. The number of rotatable bonds is 0. The highest BCUT2D eigenvalue weighted by molar-refractivity contribution is 8.79. The van der Waals surface area contributed by atoms with E-state index in [2.05, 4.69) is 55.4 Å². The Kier molecular flexibility index (Phi) is 5.42. The fraction of sp³-hybridized carbons (Fsp3) is 0.500. The van der Waals surface area contributed by atoms with Crippen molar-refractivity contribution in [3.05, 3.63) is 43.2 Å². The number of allylic oxidation sites excluding steroid dienone is 6. The van der Waals surface area contributed by atoms with Gasteiger partial charge in [0, 0.05) is 9.81 Å². The zero-order valence-electron chi connectivity index (χ0n) is 12.8. The molecule has 0 N–H and O–H groups in total. The molecule has 0 aromatic carbocycles. The van der Waals surface area contributed by atoms with E-state index in [1.165, 1.54) is 43.2 Å². The standard InChI is InChI=1S/C16H24S2/c1-9(2)13-14(10(3)4)16(12(7)8)18-17-15(13)11(5)6/h1-8H3. The predicted octanol–water partition coefficient (Wildman–Crippen LogP) is 6.64. The summed E-state index contributed by atoms with van der Waals surface area (Å²) in [4.78, 5) is 2.89. The summed E-state index contributed by atoms with van der Waals surface area (Å²) in [6.07, 6.45) is 0. The SMILES string of the molecule is CC(C)=C1SSC(=C(C)C)C(=C(C)C)C1=C(C)C. The summed E-state index contributed by atoms with van der Waals surface area (Å²) in [6.45, 7) is 17.7. The van der Waals surface area contributed by atoms with Crippen molar-refractivity contribution in [1.82, 2.24) is 0 Å². The van der Waals surface area contributed by atoms with Crippen LogP contribution < -0.4 is 0 Å². The average Bonchev–Trinajstić information content (AvgIpc) is 2.26. The Bertz CT molecular complexity index is 423. The van der Waals surface area contributed by atoms with E-state index in [9.17, 15) is 0 Å². The molecule has 0 aromatic rings. The van der Waals surface area contributed by atoms with Gasteiger partial charge in [0.2, 0.25) is 0 Å². The molecule has 0 radical (unpaired) electrons. The lowest BCUT2D eigenvalue weighted by Gasteiger charge is -2.28. The van der Waals surface area contributed by atoms with Crippen LogP contribution in [0.25, 0.3) is 0 Å². The van der Waals surface area contributed by atoms with Gasteiger partial charge in [0.15, 0.2) is 0 Å². The summed E-state index contributed by atoms with van der Waals surface area (Å²) in [5.74, 6) is 0. The second-order valence-electron chi connectivity index (χ2n) is 5.57. The first-order chi connectivity index (χ1) is 8.27. The molecule has 0 saturated carbocycles. The lowest BCUT2D eigenvalue weighted by atomic mass is 9.93. The minimum atomic E-state index is 1.41. The van der Waals surface area contributed by atoms with Gasteiger partial charge >= 0.3 is 0 Å². The fourth-order valence-corrected chi connectivity index (χ4v) is 5.29. The quantitative estimate of drug-likeness (QED) is 0.456. The topological polar surface area (TPSA) is 0 Å². The maximum atomic E-state index is 2.22. The van der Waals surface area contributed by atoms with Gasteiger partial charge in [-0.25, -0.2) is 0 Å². The molecule has 0 nitrogen and oxygen atoms in total. The molecule has 0 atom stereocenters. The van der Waals surface area contributed by atoms with Crippen molar-refractivity contribution in [2.45, 2.75) is 55.4 Å². The first-order valence-electron chi connectivity index (χ1n) is 6.32. The van der Waals surface area contributed by atoms with Crippen LogP contribution in [0.3, 0.4) is 0 Å². The maximum Gasteiger partial charge on any atom is 0.0250 e. The molecular weight excluding hydrogens is 256 g/mol. The van der Waals surface area contributed by atoms with Gasteiger partial charge in [-0.05, 0) is 66.5 Å². The summed E-state index contributed by atoms with van der Waals surface area (Å²) in [5.41, 5.74) is 8.55. The molecule has 2 heteroatoms. The van der Waals surface area contributed by atoms with Crippen LogP contribution in [0.1, 0.15) is 55.4 Å². The van der Waals surface area contributed by atoms with E-state index in [0.29, 0.717) is 0 Å². The van der Waals surface area contributed by atoms with Gasteiger partial charge in [-0.3, -0.25) is 0 Å². The number of hydrogen-bond acceptors (Lipinski definition) is 2. The van der Waals surface area contributed by atoms with Crippen molar-refractivity contribution >= 4 is 21.6 Å². The van der Waals surface area contributed by atoms with Gasteiger partial charge in [0.1, 0.15) is 0 Å². The Morgan fingerprint density at radius 3 is 0.944 bits per heavy atom. The molecule has 1 fully saturated rings. The third-order valence-electron chi connectivity index (χ3n) is 2.82. The van der Waals surface area contributed by atoms with Crippen molar-refractivity contribution in [1.29, 1.82) is 0 Å². The highest BCUT2D eigenvalue weighted by Gasteiger charge is 2.26. The van der Waals surface area contributed by atoms with Crippen molar-refractivity contribution in [2.75, 3.05) is 0 Å². The molecule has 0 amide bonds. The van der Waals surface area contributed by atoms with Crippen LogP contribution in [0.4, 0.5) is 0 Å². The second kappa shape index (κ2) is 6.21. The van der Waals surface area contributed by atoms with Crippen LogP contribution in [0.5, 0.6) is 0 Å². The molecule has 1 saturated heterocycles. The summed E-state index contributed by atoms with van der Waals surface area (Å²) in [5, 5.41) is 0. The van der Waals surface area contributed by atoms with Gasteiger partial charge in [-0.15, -0.1) is 0 Å². The first kappa shape index (κ1) is 15.7. The zero-order valence-corrected chi connectivity index (χ0v) is 14.4. The Hall–Kier alpha value is -0.340. The van der Waals surface area contributed by atoms with E-state index in [-0.39, 0.29) is 0 Å². The van der Waals surface area contributed by atoms with Gasteiger partial charge in [0.25, 0.3) is 0 Å². The molecular formula is C16H24S2. The predicted molar refractivity (Wildman–Crippen MR) is 88.7 cm³/mol. The lowest BCUT2D eigenvalue weighted by Crippen LogP contribution is -2.05. The van der Waals surface area contributed by atoms with Crippen LogP contribution in [0.2, 0.25) is 0 Å². The van der Waals surface area contributed by atoms with Crippen molar-refractivity contribution < 1.29 is 0 Å². The van der Waals surface area contributed by atoms with Crippen LogP contribution in [-0.2, 0) is 0 Å². The molecule has 0 unspecified atom stereocenters. The molecule has 0 spiro atoms. The van der Waals surface area contributed by atoms with Gasteiger partial charge in [-0.1, -0.05) is 43.9 Å². The minimum Gasteiger partial charge on any atom is -0.0674 e. The normalized spacial score (nSPS) is 16.0. The van der Waals surface area contributed by atoms with Crippen LogP contribution in [0, 0.1) is 0 Å². The Morgan fingerprint density at radius 1 is 0.500 bits per heavy atom. The third-order valence-corrected chi connectivity index (χ3v) is 5.71. The molecule has 100 valence electrons. The molecule has 1 heterocycles. The summed E-state index contributed by atoms with van der Waals surface area (Å²) in [6, 6.07) is 0. The third kappa shape index (κ3) is 3.16. The summed E-state index contributed by atoms with van der Waals surface area (Å²) < 4.78 is 0. The molecule has 1 aliphatic heterocycles. The van der Waals surface area contributed by atoms with E-state index >= 15 is 0 Å². The summed E-state index contributed by atoms with van der Waals surface area (Å²) >= 11 is 0. The van der Waals surface area contributed by atoms with E-state index < -0.39 is 0 Å². The van der Waals surface area contributed by atoms with E-state index in [0.717, 1.165) is 0 Å². The Morgan fingerprint density at radius 2 is 0.778 bits per heavy atom. The van der Waals surface area contributed by atoms with Gasteiger partial charge < -0.3 is 0 Å². The zero-order chi connectivity index (χ0) is 14.0. The highest BCUT2D eigenvalue weighted by atomic mass is 33.1. The molecule has 0 bridgehead atoms. The monoisotopic (exact) mass is 280 g/mol. The molecule has 0 aromatic heterocycles. The lowest BCUT2D eigenvalue weighted by molar-refractivity contribution is 1.20. The van der Waals surface area contributed by atoms with Gasteiger partial charge in [-0.2, -0.15) is 0 Å². The molecule has 1 aliphatic rings. The minimum absolute atomic E-state index is 1.41. The van der Waals surface area contributed by atoms with Crippen LogP contribution >= 0.6 is 21.6 Å². The van der Waals surface area contributed by atoms with Gasteiger partial charge in [0.05, 0.1) is 0 Å². The van der Waals surface area contributed by atoms with Crippen LogP contribution in [-0.4, -0.2) is 0 Å². The second-order valence-corrected chi connectivity index (χ2v) is 7.72. The molecule has 18 heavy (non-hydrogen) atoms. The molecule has 1 rings (SSSR count). The smallest absolute Gasteiger partial charge is 0.0250 e. The van der Waals surface area contributed by atoms with Crippen molar-refractivity contribution in [3.8, 4) is 0 Å². The maximum absolute atomic E-state index is 2.22. The largest absolute Gasteiger partial charge is 0.0674 e. The highest BCUT2D eigenvalue weighted by Crippen LogP contribution is 2.55. The van der Waals surface area contributed by atoms with E-state index in [1.807, 2.05) is 21.6 Å². The Labute approximate surface area is 120 Å². The van der Waals surface area contributed by atoms with Crippen molar-refractivity contribution in [2.24, 2.45) is 0 Å².